The smallest absolute Gasteiger partial charge is 0.284 e. The van der Waals surface area contributed by atoms with Crippen molar-refractivity contribution in [2.45, 2.75) is 20.8 Å². The molecule has 0 saturated heterocycles. The van der Waals surface area contributed by atoms with E-state index in [0.717, 1.165) is 5.76 Å². The van der Waals surface area contributed by atoms with Crippen LogP contribution >= 0.6 is 0 Å². The second-order valence-electron chi connectivity index (χ2n) is 3.07. The maximum Gasteiger partial charge on any atom is 0.284 e. The van der Waals surface area contributed by atoms with Crippen molar-refractivity contribution in [2.75, 3.05) is 6.61 Å². The highest BCUT2D eigenvalue weighted by molar-refractivity contribution is 5.10. The summed E-state index contributed by atoms with van der Waals surface area (Å²) in [6.45, 7) is 6.83. The van der Waals surface area contributed by atoms with E-state index in [2.05, 4.69) is 13.8 Å². The first-order valence-electron chi connectivity index (χ1n) is 3.87. The fourth-order valence-corrected chi connectivity index (χ4v) is 0.738. The molecule has 2 heteroatoms. The molecule has 2 nitrogen and oxygen atoms in total. The van der Waals surface area contributed by atoms with Crippen LogP contribution in [0.2, 0.25) is 0 Å². The third-order valence-electron chi connectivity index (χ3n) is 1.27. The van der Waals surface area contributed by atoms with Crippen molar-refractivity contribution >= 4 is 0 Å². The lowest BCUT2D eigenvalue weighted by Gasteiger charge is -2.04. The second kappa shape index (κ2) is 3.46. The molecular weight excluding hydrogens is 140 g/mol. The number of aryl methyl sites for hydroxylation is 1. The topological polar surface area (TPSA) is 22.4 Å². The highest BCUT2D eigenvalue weighted by atomic mass is 16.6. The Bertz CT molecular complexity index is 213. The number of furan rings is 1. The van der Waals surface area contributed by atoms with Gasteiger partial charge in [-0.2, -0.15) is 0 Å². The van der Waals surface area contributed by atoms with Gasteiger partial charge in [-0.15, -0.1) is 0 Å². The number of ether oxygens (including phenoxy) is 1. The Hall–Kier alpha value is -0.920. The molecule has 1 rings (SSSR count). The fourth-order valence-electron chi connectivity index (χ4n) is 0.738. The van der Waals surface area contributed by atoms with Crippen LogP contribution in [-0.2, 0) is 0 Å². The molecule has 0 aromatic carbocycles. The van der Waals surface area contributed by atoms with E-state index in [4.69, 9.17) is 9.15 Å². The molecule has 0 unspecified atom stereocenters. The van der Waals surface area contributed by atoms with E-state index < -0.39 is 0 Å². The summed E-state index contributed by atoms with van der Waals surface area (Å²) in [7, 11) is 0. The normalized spacial score (nSPS) is 10.5. The molecule has 0 aliphatic heterocycles. The van der Waals surface area contributed by atoms with Gasteiger partial charge in [0.2, 0.25) is 0 Å². The number of hydrogen-bond acceptors (Lipinski definition) is 2. The van der Waals surface area contributed by atoms with Crippen LogP contribution in [0.1, 0.15) is 19.6 Å². The SMILES string of the molecule is Cc1ccc(OCC(C)C)o1. The molecule has 0 atom stereocenters. The van der Waals surface area contributed by atoms with Crippen molar-refractivity contribution in [3.63, 3.8) is 0 Å². The van der Waals surface area contributed by atoms with Crippen LogP contribution in [0.25, 0.3) is 0 Å². The summed E-state index contributed by atoms with van der Waals surface area (Å²) in [5.74, 6) is 2.06. The third kappa shape index (κ3) is 2.66. The van der Waals surface area contributed by atoms with E-state index in [-0.39, 0.29) is 0 Å². The van der Waals surface area contributed by atoms with Gasteiger partial charge < -0.3 is 9.15 Å². The summed E-state index contributed by atoms with van der Waals surface area (Å²) in [4.78, 5) is 0. The molecule has 0 amide bonds. The van der Waals surface area contributed by atoms with Crippen molar-refractivity contribution in [3.05, 3.63) is 17.9 Å². The first kappa shape index (κ1) is 8.18. The van der Waals surface area contributed by atoms with E-state index in [0.29, 0.717) is 18.5 Å². The van der Waals surface area contributed by atoms with Gasteiger partial charge in [0.1, 0.15) is 5.76 Å². The van der Waals surface area contributed by atoms with Crippen LogP contribution in [0, 0.1) is 12.8 Å². The summed E-state index contributed by atoms with van der Waals surface area (Å²) in [5.41, 5.74) is 0. The van der Waals surface area contributed by atoms with E-state index in [1.807, 2.05) is 19.1 Å². The van der Waals surface area contributed by atoms with Crippen LogP contribution in [0.4, 0.5) is 0 Å². The molecule has 0 aliphatic rings. The lowest BCUT2D eigenvalue weighted by atomic mass is 10.2. The predicted molar refractivity (Wildman–Crippen MR) is 43.8 cm³/mol. The van der Waals surface area contributed by atoms with Crippen molar-refractivity contribution in [1.29, 1.82) is 0 Å². The number of rotatable bonds is 3. The van der Waals surface area contributed by atoms with Crippen LogP contribution in [-0.4, -0.2) is 6.61 Å². The molecule has 1 heterocycles. The Labute approximate surface area is 67.2 Å². The lowest BCUT2D eigenvalue weighted by molar-refractivity contribution is 0.210. The van der Waals surface area contributed by atoms with E-state index in [1.54, 1.807) is 0 Å². The Morgan fingerprint density at radius 2 is 2.18 bits per heavy atom. The van der Waals surface area contributed by atoms with Crippen LogP contribution < -0.4 is 4.74 Å². The second-order valence-corrected chi connectivity index (χ2v) is 3.07. The fraction of sp³-hybridized carbons (Fsp3) is 0.556. The summed E-state index contributed by atoms with van der Waals surface area (Å²) in [6.07, 6.45) is 0. The van der Waals surface area contributed by atoms with Gasteiger partial charge in [-0.05, 0) is 18.9 Å². The molecule has 0 radical (unpaired) electrons. The van der Waals surface area contributed by atoms with Gasteiger partial charge in [-0.3, -0.25) is 0 Å². The molecule has 0 spiro atoms. The highest BCUT2D eigenvalue weighted by Gasteiger charge is 1.99. The first-order chi connectivity index (χ1) is 5.18. The molecular formula is C9H14O2. The van der Waals surface area contributed by atoms with Crippen molar-refractivity contribution < 1.29 is 9.15 Å². The predicted octanol–water partition coefficient (Wildman–Crippen LogP) is 2.62. The van der Waals surface area contributed by atoms with E-state index in [9.17, 15) is 0 Å². The first-order valence-corrected chi connectivity index (χ1v) is 3.87. The minimum absolute atomic E-state index is 0.542. The largest absolute Gasteiger partial charge is 0.465 e. The molecule has 0 bridgehead atoms. The summed E-state index contributed by atoms with van der Waals surface area (Å²) < 4.78 is 10.5. The standard InChI is InChI=1S/C9H14O2/c1-7(2)6-10-9-5-4-8(3)11-9/h4-5,7H,6H2,1-3H3. The van der Waals surface area contributed by atoms with Gasteiger partial charge in [0.05, 0.1) is 6.61 Å². The van der Waals surface area contributed by atoms with Gasteiger partial charge in [0.15, 0.2) is 0 Å². The minimum atomic E-state index is 0.542. The zero-order chi connectivity index (χ0) is 8.27. The molecule has 0 aliphatic carbocycles. The van der Waals surface area contributed by atoms with Gasteiger partial charge in [0, 0.05) is 6.07 Å². The zero-order valence-corrected chi connectivity index (χ0v) is 7.26. The average molecular weight is 154 g/mol. The highest BCUT2D eigenvalue weighted by Crippen LogP contribution is 2.15. The van der Waals surface area contributed by atoms with Gasteiger partial charge in [-0.25, -0.2) is 0 Å². The Kier molecular flexibility index (Phi) is 2.58. The summed E-state index contributed by atoms with van der Waals surface area (Å²) in [5, 5.41) is 0. The molecule has 0 saturated carbocycles. The Morgan fingerprint density at radius 1 is 1.45 bits per heavy atom. The maximum absolute atomic E-state index is 5.32. The maximum atomic E-state index is 5.32. The van der Waals surface area contributed by atoms with Gasteiger partial charge >= 0.3 is 0 Å². The molecule has 0 fully saturated rings. The zero-order valence-electron chi connectivity index (χ0n) is 7.26. The monoisotopic (exact) mass is 154 g/mol. The quantitative estimate of drug-likeness (QED) is 0.667. The summed E-state index contributed by atoms with van der Waals surface area (Å²) in [6, 6.07) is 3.74. The average Bonchev–Trinajstić information content (AvgIpc) is 2.31. The van der Waals surface area contributed by atoms with Crippen molar-refractivity contribution in [2.24, 2.45) is 5.92 Å². The lowest BCUT2D eigenvalue weighted by Crippen LogP contribution is -2.03. The van der Waals surface area contributed by atoms with E-state index in [1.165, 1.54) is 0 Å². The van der Waals surface area contributed by atoms with Crippen LogP contribution in [0.3, 0.4) is 0 Å². The molecule has 0 N–H and O–H groups in total. The van der Waals surface area contributed by atoms with Crippen molar-refractivity contribution in [1.82, 2.24) is 0 Å². The van der Waals surface area contributed by atoms with Crippen LogP contribution in [0.5, 0.6) is 5.95 Å². The molecule has 11 heavy (non-hydrogen) atoms. The summed E-state index contributed by atoms with van der Waals surface area (Å²) >= 11 is 0. The Balaban J connectivity index is 2.39. The number of hydrogen-bond donors (Lipinski definition) is 0. The third-order valence-corrected chi connectivity index (χ3v) is 1.27. The molecule has 1 aromatic heterocycles. The Morgan fingerprint density at radius 3 is 2.64 bits per heavy atom. The molecule has 62 valence electrons. The van der Waals surface area contributed by atoms with Crippen LogP contribution in [0.15, 0.2) is 16.5 Å². The van der Waals surface area contributed by atoms with Gasteiger partial charge in [-0.1, -0.05) is 13.8 Å². The van der Waals surface area contributed by atoms with E-state index >= 15 is 0 Å². The minimum Gasteiger partial charge on any atom is -0.465 e. The van der Waals surface area contributed by atoms with Gasteiger partial charge in [0.25, 0.3) is 5.95 Å². The van der Waals surface area contributed by atoms with Crippen molar-refractivity contribution in [3.8, 4) is 5.95 Å². The molecule has 1 aromatic rings.